The Balaban J connectivity index is 1.43. The van der Waals surface area contributed by atoms with Crippen LogP contribution in [0.1, 0.15) is 30.0 Å². The Morgan fingerprint density at radius 3 is 2.81 bits per heavy atom. The summed E-state index contributed by atoms with van der Waals surface area (Å²) in [5, 5.41) is 3.45. The molecule has 2 aromatic carbocycles. The Hall–Kier alpha value is -2.53. The molecule has 2 aromatic rings. The molecule has 0 aromatic heterocycles. The molecule has 0 spiro atoms. The average Bonchev–Trinajstić information content (AvgIpc) is 2.65. The van der Waals surface area contributed by atoms with Gasteiger partial charge in [-0.3, -0.25) is 4.79 Å². The van der Waals surface area contributed by atoms with Crippen molar-refractivity contribution in [3.63, 3.8) is 0 Å². The third-order valence-electron chi connectivity index (χ3n) is 4.22. The minimum absolute atomic E-state index is 0.0335. The molecule has 1 aliphatic carbocycles. The van der Waals surface area contributed by atoms with E-state index in [9.17, 15) is 9.59 Å². The van der Waals surface area contributed by atoms with Crippen molar-refractivity contribution in [2.45, 2.75) is 25.3 Å². The molecule has 1 amide bonds. The number of amides is 1. The number of ether oxygens (including phenoxy) is 2. The van der Waals surface area contributed by atoms with Crippen LogP contribution >= 0.6 is 11.6 Å². The van der Waals surface area contributed by atoms with E-state index in [0.29, 0.717) is 10.8 Å². The molecule has 136 valence electrons. The second-order valence-electron chi connectivity index (χ2n) is 6.12. The average molecular weight is 374 g/mol. The first-order valence-electron chi connectivity index (χ1n) is 8.53. The van der Waals surface area contributed by atoms with Crippen LogP contribution in [-0.2, 0) is 20.7 Å². The predicted octanol–water partition coefficient (Wildman–Crippen LogP) is 3.46. The van der Waals surface area contributed by atoms with Crippen molar-refractivity contribution < 1.29 is 19.1 Å². The maximum atomic E-state index is 12.1. The Morgan fingerprint density at radius 1 is 1.12 bits per heavy atom. The minimum Gasteiger partial charge on any atom is -0.482 e. The Kier molecular flexibility index (Phi) is 6.12. The van der Waals surface area contributed by atoms with Crippen LogP contribution in [0.2, 0.25) is 5.02 Å². The molecule has 0 fully saturated rings. The van der Waals surface area contributed by atoms with Gasteiger partial charge in [0.05, 0.1) is 6.04 Å². The number of rotatable bonds is 6. The molecule has 1 aliphatic rings. The van der Waals surface area contributed by atoms with Gasteiger partial charge >= 0.3 is 5.97 Å². The molecular weight excluding hydrogens is 354 g/mol. The number of nitrogens with one attached hydrogen (secondary N) is 1. The summed E-state index contributed by atoms with van der Waals surface area (Å²) < 4.78 is 10.3. The van der Waals surface area contributed by atoms with Gasteiger partial charge in [0.15, 0.2) is 13.2 Å². The van der Waals surface area contributed by atoms with E-state index in [1.54, 1.807) is 24.3 Å². The third-order valence-corrected chi connectivity index (χ3v) is 4.46. The number of carbonyl (C=O) groups is 2. The molecular formula is C20H20ClNO4. The molecule has 0 saturated heterocycles. The summed E-state index contributed by atoms with van der Waals surface area (Å²) >= 11 is 5.84. The molecule has 0 saturated carbocycles. The lowest BCUT2D eigenvalue weighted by Gasteiger charge is -2.26. The van der Waals surface area contributed by atoms with E-state index in [4.69, 9.17) is 21.1 Å². The Morgan fingerprint density at radius 2 is 1.96 bits per heavy atom. The van der Waals surface area contributed by atoms with Gasteiger partial charge in [-0.25, -0.2) is 4.79 Å². The number of aryl methyl sites for hydroxylation is 1. The molecule has 0 aliphatic heterocycles. The zero-order valence-corrected chi connectivity index (χ0v) is 15.0. The molecule has 26 heavy (non-hydrogen) atoms. The van der Waals surface area contributed by atoms with Gasteiger partial charge in [0.1, 0.15) is 5.75 Å². The van der Waals surface area contributed by atoms with Gasteiger partial charge in [-0.05, 0) is 48.6 Å². The molecule has 0 unspecified atom stereocenters. The van der Waals surface area contributed by atoms with Crippen molar-refractivity contribution in [1.82, 2.24) is 5.32 Å². The van der Waals surface area contributed by atoms with Crippen LogP contribution in [0, 0.1) is 0 Å². The molecule has 6 heteroatoms. The van der Waals surface area contributed by atoms with Crippen LogP contribution in [0.5, 0.6) is 5.75 Å². The van der Waals surface area contributed by atoms with Crippen LogP contribution in [-0.4, -0.2) is 25.1 Å². The lowest BCUT2D eigenvalue weighted by molar-refractivity contribution is -0.150. The number of fused-ring (bicyclic) bond motifs is 1. The van der Waals surface area contributed by atoms with Crippen LogP contribution in [0.25, 0.3) is 0 Å². The summed E-state index contributed by atoms with van der Waals surface area (Å²) in [4.78, 5) is 23.8. The van der Waals surface area contributed by atoms with Crippen molar-refractivity contribution in [3.8, 4) is 5.75 Å². The molecule has 0 bridgehead atoms. The van der Waals surface area contributed by atoms with Crippen LogP contribution in [0.4, 0.5) is 0 Å². The predicted molar refractivity (Wildman–Crippen MR) is 98.2 cm³/mol. The summed E-state index contributed by atoms with van der Waals surface area (Å²) in [6, 6.07) is 14.8. The zero-order valence-electron chi connectivity index (χ0n) is 14.2. The highest BCUT2D eigenvalue weighted by molar-refractivity contribution is 6.30. The van der Waals surface area contributed by atoms with Crippen molar-refractivity contribution in [3.05, 3.63) is 64.7 Å². The molecule has 5 nitrogen and oxygen atoms in total. The number of benzene rings is 2. The van der Waals surface area contributed by atoms with Gasteiger partial charge < -0.3 is 14.8 Å². The van der Waals surface area contributed by atoms with Crippen LogP contribution in [0.3, 0.4) is 0 Å². The fourth-order valence-electron chi connectivity index (χ4n) is 3.03. The standard InChI is InChI=1S/C20H20ClNO4/c21-15-7-4-8-16(11-15)25-13-20(24)26-12-19(23)22-18-10-3-6-14-5-1-2-9-17(14)18/h1-2,4-5,7-9,11,18H,3,6,10,12-13H2,(H,22,23)/t18-/m0/s1. The first-order valence-corrected chi connectivity index (χ1v) is 8.91. The fraction of sp³-hybridized carbons (Fsp3) is 0.300. The highest BCUT2D eigenvalue weighted by Crippen LogP contribution is 2.29. The highest BCUT2D eigenvalue weighted by Gasteiger charge is 2.21. The van der Waals surface area contributed by atoms with Gasteiger partial charge in [-0.1, -0.05) is 41.9 Å². The van der Waals surface area contributed by atoms with Crippen molar-refractivity contribution >= 4 is 23.5 Å². The second kappa shape index (κ2) is 8.72. The van der Waals surface area contributed by atoms with Gasteiger partial charge in [-0.15, -0.1) is 0 Å². The SMILES string of the molecule is O=C(COC(=O)COc1cccc(Cl)c1)N[C@H]1CCCc2ccccc21. The van der Waals surface area contributed by atoms with E-state index in [2.05, 4.69) is 11.4 Å². The topological polar surface area (TPSA) is 64.6 Å². The number of esters is 1. The molecule has 0 radical (unpaired) electrons. The molecule has 1 atom stereocenters. The zero-order chi connectivity index (χ0) is 18.4. The first-order chi connectivity index (χ1) is 12.6. The monoisotopic (exact) mass is 373 g/mol. The lowest BCUT2D eigenvalue weighted by Crippen LogP contribution is -2.34. The third kappa shape index (κ3) is 4.99. The quantitative estimate of drug-likeness (QED) is 0.787. The fourth-order valence-corrected chi connectivity index (χ4v) is 3.21. The number of carbonyl (C=O) groups excluding carboxylic acids is 2. The van der Waals surface area contributed by atoms with Crippen molar-refractivity contribution in [2.24, 2.45) is 0 Å². The van der Waals surface area contributed by atoms with E-state index >= 15 is 0 Å². The number of hydrogen-bond acceptors (Lipinski definition) is 4. The van der Waals surface area contributed by atoms with E-state index in [-0.39, 0.29) is 25.2 Å². The second-order valence-corrected chi connectivity index (χ2v) is 6.55. The molecule has 0 heterocycles. The summed E-state index contributed by atoms with van der Waals surface area (Å²) in [5.41, 5.74) is 2.40. The lowest BCUT2D eigenvalue weighted by atomic mass is 9.88. The largest absolute Gasteiger partial charge is 0.482 e. The van der Waals surface area contributed by atoms with Gasteiger partial charge in [0.25, 0.3) is 5.91 Å². The maximum Gasteiger partial charge on any atom is 0.344 e. The summed E-state index contributed by atoms with van der Waals surface area (Å²) in [5.74, 6) is -0.454. The highest BCUT2D eigenvalue weighted by atomic mass is 35.5. The Bertz CT molecular complexity index is 793. The van der Waals surface area contributed by atoms with Gasteiger partial charge in [-0.2, -0.15) is 0 Å². The number of halogens is 1. The van der Waals surface area contributed by atoms with Gasteiger partial charge in [0.2, 0.25) is 0 Å². The first kappa shape index (κ1) is 18.3. The van der Waals surface area contributed by atoms with Crippen LogP contribution < -0.4 is 10.1 Å². The normalized spacial score (nSPS) is 15.7. The van der Waals surface area contributed by atoms with Gasteiger partial charge in [0, 0.05) is 5.02 Å². The molecule has 3 rings (SSSR count). The molecule has 1 N–H and O–H groups in total. The van der Waals surface area contributed by atoms with Crippen molar-refractivity contribution in [2.75, 3.05) is 13.2 Å². The maximum absolute atomic E-state index is 12.1. The van der Waals surface area contributed by atoms with Crippen LogP contribution in [0.15, 0.2) is 48.5 Å². The van der Waals surface area contributed by atoms with E-state index in [0.717, 1.165) is 24.8 Å². The van der Waals surface area contributed by atoms with E-state index in [1.165, 1.54) is 5.56 Å². The summed E-state index contributed by atoms with van der Waals surface area (Å²) in [6.45, 7) is -0.601. The smallest absolute Gasteiger partial charge is 0.344 e. The van der Waals surface area contributed by atoms with E-state index in [1.807, 2.05) is 18.2 Å². The summed E-state index contributed by atoms with van der Waals surface area (Å²) in [7, 11) is 0. The summed E-state index contributed by atoms with van der Waals surface area (Å²) in [6.07, 6.45) is 2.93. The minimum atomic E-state index is -0.607. The van der Waals surface area contributed by atoms with E-state index < -0.39 is 5.97 Å². The number of hydrogen-bond donors (Lipinski definition) is 1. The van der Waals surface area contributed by atoms with Crippen molar-refractivity contribution in [1.29, 1.82) is 0 Å². The Labute approximate surface area is 157 Å².